The van der Waals surface area contributed by atoms with Crippen LogP contribution in [0.15, 0.2) is 29.3 Å². The quantitative estimate of drug-likeness (QED) is 0.735. The molecule has 21 heavy (non-hydrogen) atoms. The first-order chi connectivity index (χ1) is 9.94. The van der Waals surface area contributed by atoms with E-state index in [1.807, 2.05) is 0 Å². The topological polar surface area (TPSA) is 126 Å². The highest BCUT2D eigenvalue weighted by molar-refractivity contribution is 7.91. The van der Waals surface area contributed by atoms with Crippen LogP contribution in [0.4, 0.5) is 11.5 Å². The van der Waals surface area contributed by atoms with Gasteiger partial charge < -0.3 is 16.2 Å². The summed E-state index contributed by atoms with van der Waals surface area (Å²) in [6.45, 7) is 2.10. The highest BCUT2D eigenvalue weighted by Gasteiger charge is 2.21. The number of sulfone groups is 1. The first kappa shape index (κ1) is 15.1. The van der Waals surface area contributed by atoms with Crippen molar-refractivity contribution in [2.75, 3.05) is 23.8 Å². The summed E-state index contributed by atoms with van der Waals surface area (Å²) in [5.41, 5.74) is 12.0. The third-order valence-electron chi connectivity index (χ3n) is 2.87. The predicted molar refractivity (Wildman–Crippen MR) is 78.5 cm³/mol. The molecular formula is C12H17N5O3S. The molecule has 1 aromatic carbocycles. The Hall–Kier alpha value is -2.29. The van der Waals surface area contributed by atoms with Gasteiger partial charge in [-0.1, -0.05) is 12.1 Å². The van der Waals surface area contributed by atoms with Crippen molar-refractivity contribution in [3.05, 3.63) is 24.3 Å². The summed E-state index contributed by atoms with van der Waals surface area (Å²) < 4.78 is 30.2. The lowest BCUT2D eigenvalue weighted by Crippen LogP contribution is -2.13. The molecule has 0 unspecified atom stereocenters. The van der Waals surface area contributed by atoms with E-state index in [4.69, 9.17) is 16.2 Å². The average molecular weight is 311 g/mol. The van der Waals surface area contributed by atoms with Crippen molar-refractivity contribution >= 4 is 21.3 Å². The number of anilines is 2. The number of rotatable bonds is 6. The lowest BCUT2D eigenvalue weighted by Gasteiger charge is -2.07. The Balaban J connectivity index is 2.00. The van der Waals surface area contributed by atoms with Gasteiger partial charge in [-0.05, 0) is 24.3 Å². The number of hydrogen-bond donors (Lipinski definition) is 2. The number of nitrogen functional groups attached to an aromatic ring is 2. The van der Waals surface area contributed by atoms with Crippen molar-refractivity contribution in [1.29, 1.82) is 0 Å². The van der Waals surface area contributed by atoms with E-state index in [0.29, 0.717) is 18.0 Å². The molecule has 0 bridgehead atoms. The van der Waals surface area contributed by atoms with E-state index in [0.717, 1.165) is 0 Å². The maximum atomic E-state index is 11.7. The molecule has 0 aliphatic carbocycles. The largest absolute Gasteiger partial charge is 0.492 e. The Kier molecular flexibility index (Phi) is 4.32. The molecule has 0 saturated heterocycles. The van der Waals surface area contributed by atoms with Gasteiger partial charge in [0.1, 0.15) is 12.4 Å². The molecule has 9 heteroatoms. The predicted octanol–water partition coefficient (Wildman–Crippen LogP) is 0.315. The minimum Gasteiger partial charge on any atom is -0.492 e. The zero-order chi connectivity index (χ0) is 15.5. The molecule has 0 saturated carbocycles. The van der Waals surface area contributed by atoms with Crippen LogP contribution in [-0.2, 0) is 16.4 Å². The van der Waals surface area contributed by atoms with Gasteiger partial charge in [0.25, 0.3) is 0 Å². The third kappa shape index (κ3) is 3.43. The number of hydrogen-bond acceptors (Lipinski definition) is 7. The summed E-state index contributed by atoms with van der Waals surface area (Å²) in [6.07, 6.45) is 0. The second-order valence-corrected chi connectivity index (χ2v) is 6.52. The molecule has 0 atom stereocenters. The molecular weight excluding hydrogens is 294 g/mol. The van der Waals surface area contributed by atoms with Crippen molar-refractivity contribution in [2.24, 2.45) is 0 Å². The Morgan fingerprint density at radius 2 is 1.90 bits per heavy atom. The molecule has 2 aromatic rings. The van der Waals surface area contributed by atoms with Gasteiger partial charge in [0.2, 0.25) is 14.9 Å². The lowest BCUT2D eigenvalue weighted by atomic mass is 10.3. The van der Waals surface area contributed by atoms with Crippen LogP contribution in [0.3, 0.4) is 0 Å². The van der Waals surface area contributed by atoms with Gasteiger partial charge in [0, 0.05) is 5.69 Å². The molecule has 0 fully saturated rings. The van der Waals surface area contributed by atoms with Gasteiger partial charge >= 0.3 is 0 Å². The normalized spacial score (nSPS) is 11.5. The first-order valence-corrected chi connectivity index (χ1v) is 7.99. The maximum Gasteiger partial charge on any atom is 0.220 e. The Bertz CT molecular complexity index is 709. The Morgan fingerprint density at radius 1 is 1.24 bits per heavy atom. The SMILES string of the molecule is CCS(=O)(=O)c1nnn(CCOc2ccc(N)cc2)c1N. The smallest absolute Gasteiger partial charge is 0.220 e. The lowest BCUT2D eigenvalue weighted by molar-refractivity contribution is 0.291. The number of nitrogens with zero attached hydrogens (tertiary/aromatic N) is 3. The number of benzene rings is 1. The molecule has 0 aliphatic rings. The summed E-state index contributed by atoms with van der Waals surface area (Å²) in [5.74, 6) is 0.611. The average Bonchev–Trinajstić information content (AvgIpc) is 2.83. The van der Waals surface area contributed by atoms with Crippen LogP contribution < -0.4 is 16.2 Å². The van der Waals surface area contributed by atoms with E-state index in [1.165, 1.54) is 11.6 Å². The summed E-state index contributed by atoms with van der Waals surface area (Å²) in [5, 5.41) is 7.18. The highest BCUT2D eigenvalue weighted by atomic mass is 32.2. The number of nitrogens with two attached hydrogens (primary N) is 2. The van der Waals surface area contributed by atoms with Gasteiger partial charge in [0.15, 0.2) is 5.82 Å². The van der Waals surface area contributed by atoms with Crippen LogP contribution in [0.25, 0.3) is 0 Å². The van der Waals surface area contributed by atoms with E-state index in [2.05, 4.69) is 10.3 Å². The van der Waals surface area contributed by atoms with Crippen LogP contribution in [0.1, 0.15) is 6.92 Å². The molecule has 2 rings (SSSR count). The molecule has 114 valence electrons. The van der Waals surface area contributed by atoms with Crippen LogP contribution in [0.5, 0.6) is 5.75 Å². The van der Waals surface area contributed by atoms with Crippen molar-refractivity contribution in [3.8, 4) is 5.75 Å². The Labute approximate surface area is 122 Å². The zero-order valence-corrected chi connectivity index (χ0v) is 12.4. The molecule has 1 aromatic heterocycles. The minimum atomic E-state index is -3.46. The minimum absolute atomic E-state index is 0.0257. The monoisotopic (exact) mass is 311 g/mol. The summed E-state index contributed by atoms with van der Waals surface area (Å²) in [4.78, 5) is 0. The molecule has 0 aliphatic heterocycles. The number of ether oxygens (including phenoxy) is 1. The van der Waals surface area contributed by atoms with Gasteiger partial charge in [-0.25, -0.2) is 13.1 Å². The van der Waals surface area contributed by atoms with E-state index in [1.54, 1.807) is 24.3 Å². The van der Waals surface area contributed by atoms with E-state index >= 15 is 0 Å². The highest BCUT2D eigenvalue weighted by Crippen LogP contribution is 2.16. The fourth-order valence-corrected chi connectivity index (χ4v) is 2.50. The van der Waals surface area contributed by atoms with Crippen molar-refractivity contribution in [1.82, 2.24) is 15.0 Å². The summed E-state index contributed by atoms with van der Waals surface area (Å²) in [6, 6.07) is 6.94. The third-order valence-corrected chi connectivity index (χ3v) is 4.51. The van der Waals surface area contributed by atoms with E-state index < -0.39 is 9.84 Å². The van der Waals surface area contributed by atoms with Crippen molar-refractivity contribution in [3.63, 3.8) is 0 Å². The maximum absolute atomic E-state index is 11.7. The molecule has 4 N–H and O–H groups in total. The molecule has 0 radical (unpaired) electrons. The zero-order valence-electron chi connectivity index (χ0n) is 11.6. The second kappa shape index (κ2) is 6.00. The second-order valence-electron chi connectivity index (χ2n) is 4.32. The van der Waals surface area contributed by atoms with Gasteiger partial charge in [-0.2, -0.15) is 0 Å². The van der Waals surface area contributed by atoms with Crippen molar-refractivity contribution < 1.29 is 13.2 Å². The first-order valence-electron chi connectivity index (χ1n) is 6.34. The fraction of sp³-hybridized carbons (Fsp3) is 0.333. The van der Waals surface area contributed by atoms with Crippen LogP contribution in [0, 0.1) is 0 Å². The van der Waals surface area contributed by atoms with Crippen LogP contribution in [0.2, 0.25) is 0 Å². The molecule has 1 heterocycles. The van der Waals surface area contributed by atoms with Gasteiger partial charge in [0.05, 0.1) is 12.3 Å². The van der Waals surface area contributed by atoms with E-state index in [9.17, 15) is 8.42 Å². The molecule has 0 spiro atoms. The standard InChI is InChI=1S/C12H17N5O3S/c1-2-21(18,19)12-11(14)17(16-15-12)7-8-20-10-5-3-9(13)4-6-10/h3-6H,2,7-8,13-14H2,1H3. The fourth-order valence-electron chi connectivity index (χ4n) is 1.64. The molecule has 0 amide bonds. The summed E-state index contributed by atoms with van der Waals surface area (Å²) in [7, 11) is -3.46. The molecule has 8 nitrogen and oxygen atoms in total. The van der Waals surface area contributed by atoms with Gasteiger partial charge in [-0.15, -0.1) is 5.10 Å². The van der Waals surface area contributed by atoms with Crippen molar-refractivity contribution in [2.45, 2.75) is 18.5 Å². The van der Waals surface area contributed by atoms with Gasteiger partial charge in [-0.3, -0.25) is 0 Å². The Morgan fingerprint density at radius 3 is 2.52 bits per heavy atom. The number of aromatic nitrogens is 3. The van der Waals surface area contributed by atoms with E-state index in [-0.39, 0.29) is 23.2 Å². The summed E-state index contributed by atoms with van der Waals surface area (Å²) >= 11 is 0. The van der Waals surface area contributed by atoms with Crippen LogP contribution in [-0.4, -0.2) is 35.8 Å². The van der Waals surface area contributed by atoms with Crippen LogP contribution >= 0.6 is 0 Å².